The molecule has 1 atom stereocenters. The summed E-state index contributed by atoms with van der Waals surface area (Å²) in [5.41, 5.74) is 7.06. The number of hydrogen-bond donors (Lipinski definition) is 2. The zero-order valence-electron chi connectivity index (χ0n) is 22.4. The van der Waals surface area contributed by atoms with Crippen molar-refractivity contribution in [3.05, 3.63) is 35.9 Å². The third kappa shape index (κ3) is 13.6. The van der Waals surface area contributed by atoms with Crippen LogP contribution in [-0.2, 0) is 11.3 Å². The summed E-state index contributed by atoms with van der Waals surface area (Å²) in [6.07, 6.45) is 23.7. The molecule has 3 N–H and O–H groups in total. The third-order valence-electron chi connectivity index (χ3n) is 6.73. The first kappa shape index (κ1) is 29.2. The maximum atomic E-state index is 12.2. The van der Waals surface area contributed by atoms with Crippen LogP contribution in [0.2, 0.25) is 0 Å². The first-order valence-corrected chi connectivity index (χ1v) is 14.1. The fourth-order valence-corrected chi connectivity index (χ4v) is 4.23. The second-order valence-corrected chi connectivity index (χ2v) is 10.0. The van der Waals surface area contributed by atoms with Gasteiger partial charge < -0.3 is 14.8 Å². The highest BCUT2D eigenvalue weighted by Crippen LogP contribution is 2.35. The van der Waals surface area contributed by atoms with Gasteiger partial charge in [-0.2, -0.15) is 0 Å². The van der Waals surface area contributed by atoms with E-state index in [9.17, 15) is 4.79 Å². The van der Waals surface area contributed by atoms with Crippen LogP contribution < -0.4 is 20.5 Å². The molecule has 35 heavy (non-hydrogen) atoms. The monoisotopic (exact) mass is 486 g/mol. The van der Waals surface area contributed by atoms with Crippen LogP contribution in [-0.4, -0.2) is 19.2 Å². The number of amides is 1. The largest absolute Gasteiger partial charge is 0.493 e. The van der Waals surface area contributed by atoms with Gasteiger partial charge in [0.25, 0.3) is 0 Å². The Kier molecular flexibility index (Phi) is 15.3. The van der Waals surface area contributed by atoms with Crippen molar-refractivity contribution in [2.24, 2.45) is 11.7 Å². The summed E-state index contributed by atoms with van der Waals surface area (Å²) in [5.74, 6) is 1.88. The number of nitrogens with one attached hydrogen (secondary N) is 1. The standard InChI is InChI=1S/C30H50N2O3/c1-3-4-5-6-7-8-9-10-11-12-13-14-15-16-17-18-29(33)32-24-25-19-22-27(28(23-25)34-2)35-30(31)26-20-21-26/h10-11,19,22-23,26,30H,3-9,12-18,20-21,24,31H2,1-2H3,(H,32,33)/b11-10-. The van der Waals surface area contributed by atoms with Crippen molar-refractivity contribution in [1.29, 1.82) is 0 Å². The predicted octanol–water partition coefficient (Wildman–Crippen LogP) is 7.42. The van der Waals surface area contributed by atoms with Crippen LogP contribution in [0.15, 0.2) is 30.4 Å². The van der Waals surface area contributed by atoms with E-state index in [0.717, 1.165) is 31.2 Å². The molecule has 0 aliphatic heterocycles. The molecule has 0 heterocycles. The molecule has 0 bridgehead atoms. The molecule has 0 spiro atoms. The number of hydrogen-bond acceptors (Lipinski definition) is 4. The van der Waals surface area contributed by atoms with E-state index in [-0.39, 0.29) is 12.1 Å². The lowest BCUT2D eigenvalue weighted by Gasteiger charge is -2.17. The summed E-state index contributed by atoms with van der Waals surface area (Å²) in [5, 5.41) is 3.02. The summed E-state index contributed by atoms with van der Waals surface area (Å²) in [6.45, 7) is 2.76. The third-order valence-corrected chi connectivity index (χ3v) is 6.73. The van der Waals surface area contributed by atoms with Gasteiger partial charge in [0.1, 0.15) is 0 Å². The van der Waals surface area contributed by atoms with Crippen LogP contribution in [0.5, 0.6) is 11.5 Å². The lowest BCUT2D eigenvalue weighted by Crippen LogP contribution is -2.29. The second kappa shape index (κ2) is 18.3. The zero-order valence-corrected chi connectivity index (χ0v) is 22.4. The molecule has 5 heteroatoms. The van der Waals surface area contributed by atoms with Crippen LogP contribution in [0.3, 0.4) is 0 Å². The molecule has 1 aromatic rings. The average molecular weight is 487 g/mol. The normalized spacial score (nSPS) is 14.3. The van der Waals surface area contributed by atoms with Crippen molar-refractivity contribution < 1.29 is 14.3 Å². The van der Waals surface area contributed by atoms with Gasteiger partial charge in [-0.25, -0.2) is 0 Å². The summed E-state index contributed by atoms with van der Waals surface area (Å²) in [4.78, 5) is 12.2. The number of carbonyl (C=O) groups is 1. The molecular weight excluding hydrogens is 436 g/mol. The van der Waals surface area contributed by atoms with Crippen molar-refractivity contribution >= 4 is 5.91 Å². The van der Waals surface area contributed by atoms with Crippen LogP contribution >= 0.6 is 0 Å². The number of benzene rings is 1. The van der Waals surface area contributed by atoms with Gasteiger partial charge in [0.2, 0.25) is 5.91 Å². The first-order chi connectivity index (χ1) is 17.1. The second-order valence-electron chi connectivity index (χ2n) is 10.0. The van der Waals surface area contributed by atoms with E-state index in [1.807, 2.05) is 18.2 Å². The lowest BCUT2D eigenvalue weighted by molar-refractivity contribution is -0.121. The Labute approximate surface area is 214 Å². The summed E-state index contributed by atoms with van der Waals surface area (Å²) in [7, 11) is 1.62. The zero-order chi connectivity index (χ0) is 25.1. The smallest absolute Gasteiger partial charge is 0.220 e. The summed E-state index contributed by atoms with van der Waals surface area (Å²) in [6, 6.07) is 5.75. The number of unbranched alkanes of at least 4 members (excludes halogenated alkanes) is 11. The lowest BCUT2D eigenvalue weighted by atomic mass is 10.1. The van der Waals surface area contributed by atoms with Crippen molar-refractivity contribution in [3.8, 4) is 11.5 Å². The molecule has 1 unspecified atom stereocenters. The molecule has 198 valence electrons. The summed E-state index contributed by atoms with van der Waals surface area (Å²) >= 11 is 0. The van der Waals surface area contributed by atoms with E-state index >= 15 is 0 Å². The molecule has 1 aliphatic rings. The van der Waals surface area contributed by atoms with Gasteiger partial charge in [-0.05, 0) is 62.6 Å². The van der Waals surface area contributed by atoms with Gasteiger partial charge in [0, 0.05) is 18.9 Å². The van der Waals surface area contributed by atoms with Gasteiger partial charge in [-0.3, -0.25) is 10.5 Å². The van der Waals surface area contributed by atoms with Crippen molar-refractivity contribution in [1.82, 2.24) is 5.32 Å². The molecule has 1 fully saturated rings. The van der Waals surface area contributed by atoms with E-state index in [2.05, 4.69) is 24.4 Å². The van der Waals surface area contributed by atoms with Gasteiger partial charge in [-0.1, -0.05) is 76.5 Å². The Balaban J connectivity index is 1.46. The maximum Gasteiger partial charge on any atom is 0.220 e. The van der Waals surface area contributed by atoms with E-state index in [0.29, 0.717) is 30.4 Å². The molecule has 2 rings (SSSR count). The Morgan fingerprint density at radius 2 is 1.60 bits per heavy atom. The summed E-state index contributed by atoms with van der Waals surface area (Å²) < 4.78 is 11.3. The predicted molar refractivity (Wildman–Crippen MR) is 146 cm³/mol. The minimum atomic E-state index is -0.277. The van der Waals surface area contributed by atoms with Gasteiger partial charge >= 0.3 is 0 Å². The Hall–Kier alpha value is -2.01. The quantitative estimate of drug-likeness (QED) is 0.108. The number of rotatable bonds is 21. The Morgan fingerprint density at radius 1 is 0.971 bits per heavy atom. The van der Waals surface area contributed by atoms with Crippen molar-refractivity contribution in [2.45, 2.75) is 122 Å². The van der Waals surface area contributed by atoms with E-state index in [1.54, 1.807) is 7.11 Å². The van der Waals surface area contributed by atoms with Crippen molar-refractivity contribution in [2.75, 3.05) is 7.11 Å². The number of carbonyl (C=O) groups excluding carboxylic acids is 1. The Morgan fingerprint density at radius 3 is 2.23 bits per heavy atom. The SMILES string of the molecule is CCCCCCCC/C=C\CCCCCCCC(=O)NCc1ccc(OC(N)C2CC2)c(OC)c1. The fourth-order valence-electron chi connectivity index (χ4n) is 4.23. The maximum absolute atomic E-state index is 12.2. The van der Waals surface area contributed by atoms with Crippen LogP contribution in [0.1, 0.15) is 115 Å². The topological polar surface area (TPSA) is 73.6 Å². The number of methoxy groups -OCH3 is 1. The minimum absolute atomic E-state index is 0.109. The molecule has 1 saturated carbocycles. The molecule has 5 nitrogen and oxygen atoms in total. The van der Waals surface area contributed by atoms with Crippen LogP contribution in [0, 0.1) is 5.92 Å². The van der Waals surface area contributed by atoms with E-state index in [4.69, 9.17) is 15.2 Å². The number of nitrogens with two attached hydrogens (primary N) is 1. The first-order valence-electron chi connectivity index (χ1n) is 14.1. The van der Waals surface area contributed by atoms with Gasteiger partial charge in [0.15, 0.2) is 17.7 Å². The molecule has 0 aromatic heterocycles. The molecule has 0 saturated heterocycles. The van der Waals surface area contributed by atoms with Crippen LogP contribution in [0.4, 0.5) is 0 Å². The average Bonchev–Trinajstić information content (AvgIpc) is 3.71. The highest BCUT2D eigenvalue weighted by atomic mass is 16.5. The molecule has 1 aliphatic carbocycles. The van der Waals surface area contributed by atoms with Crippen LogP contribution in [0.25, 0.3) is 0 Å². The van der Waals surface area contributed by atoms with E-state index < -0.39 is 0 Å². The fraction of sp³-hybridized carbons (Fsp3) is 0.700. The molecule has 1 aromatic carbocycles. The number of allylic oxidation sites excluding steroid dienone is 2. The van der Waals surface area contributed by atoms with Gasteiger partial charge in [0.05, 0.1) is 7.11 Å². The van der Waals surface area contributed by atoms with Gasteiger partial charge in [-0.15, -0.1) is 0 Å². The minimum Gasteiger partial charge on any atom is -0.493 e. The Bertz CT molecular complexity index is 730. The molecule has 0 radical (unpaired) electrons. The van der Waals surface area contributed by atoms with E-state index in [1.165, 1.54) is 70.6 Å². The number of ether oxygens (including phenoxy) is 2. The molecular formula is C30H50N2O3. The van der Waals surface area contributed by atoms with Crippen molar-refractivity contribution in [3.63, 3.8) is 0 Å². The highest BCUT2D eigenvalue weighted by Gasteiger charge is 2.30. The highest BCUT2D eigenvalue weighted by molar-refractivity contribution is 5.75. The molecule has 1 amide bonds.